The van der Waals surface area contributed by atoms with Crippen molar-refractivity contribution in [3.8, 4) is 0 Å². The van der Waals surface area contributed by atoms with Crippen LogP contribution in [0.5, 0.6) is 0 Å². The zero-order valence-corrected chi connectivity index (χ0v) is 7.26. The summed E-state index contributed by atoms with van der Waals surface area (Å²) in [5.41, 5.74) is 5.11. The summed E-state index contributed by atoms with van der Waals surface area (Å²) in [6.07, 6.45) is 3.74. The van der Waals surface area contributed by atoms with Gasteiger partial charge in [0.1, 0.15) is 6.23 Å². The third-order valence-corrected chi connectivity index (χ3v) is 0.811. The predicted molar refractivity (Wildman–Crippen MR) is 45.5 cm³/mol. The highest BCUT2D eigenvalue weighted by Gasteiger charge is 1.80. The highest BCUT2D eigenvalue weighted by atomic mass is 16.5. The van der Waals surface area contributed by atoms with Crippen LogP contribution in [0.25, 0.3) is 0 Å². The Kier molecular flexibility index (Phi) is 13.8. The molecule has 0 fully saturated rings. The van der Waals surface area contributed by atoms with Crippen molar-refractivity contribution in [2.75, 3.05) is 0 Å². The molecule has 62 valence electrons. The molecule has 0 saturated carbocycles. The Balaban J connectivity index is 0. The van der Waals surface area contributed by atoms with Gasteiger partial charge in [0.2, 0.25) is 0 Å². The first-order valence-electron chi connectivity index (χ1n) is 3.70. The maximum atomic E-state index is 5.11. The van der Waals surface area contributed by atoms with Crippen LogP contribution in [0.1, 0.15) is 33.6 Å². The minimum atomic E-state index is -0.220. The summed E-state index contributed by atoms with van der Waals surface area (Å²) in [4.78, 5) is 0. The molecule has 0 rings (SSSR count). The van der Waals surface area contributed by atoms with Gasteiger partial charge in [-0.05, 0) is 6.92 Å². The van der Waals surface area contributed by atoms with Gasteiger partial charge in [-0.2, -0.15) is 0 Å². The predicted octanol–water partition coefficient (Wildman–Crippen LogP) is 2.26. The molecule has 0 aromatic rings. The van der Waals surface area contributed by atoms with Gasteiger partial charge in [-0.1, -0.05) is 33.3 Å². The van der Waals surface area contributed by atoms with E-state index in [1.54, 1.807) is 6.92 Å². The number of unbranched alkanes of at least 4 members (excludes halogenated alkanes) is 1. The molecule has 2 nitrogen and oxygen atoms in total. The summed E-state index contributed by atoms with van der Waals surface area (Å²) in [7, 11) is 0. The van der Waals surface area contributed by atoms with Gasteiger partial charge in [-0.15, -0.1) is 0 Å². The van der Waals surface area contributed by atoms with Gasteiger partial charge < -0.3 is 4.74 Å². The summed E-state index contributed by atoms with van der Waals surface area (Å²) in [5.74, 6) is 0. The summed E-state index contributed by atoms with van der Waals surface area (Å²) < 4.78 is 4.58. The van der Waals surface area contributed by atoms with E-state index in [1.165, 1.54) is 19.1 Å². The molecular formula is C8H19NO. The number of hydrogen-bond acceptors (Lipinski definition) is 2. The maximum Gasteiger partial charge on any atom is 0.143 e. The molecule has 0 heterocycles. The lowest BCUT2D eigenvalue weighted by atomic mass is 10.4. The van der Waals surface area contributed by atoms with Crippen LogP contribution < -0.4 is 5.73 Å². The third kappa shape index (κ3) is 25.9. The first-order chi connectivity index (χ1) is 4.68. The van der Waals surface area contributed by atoms with E-state index >= 15 is 0 Å². The molecule has 0 aliphatic heterocycles. The fourth-order valence-electron chi connectivity index (χ4n) is 0.152. The molecule has 0 aromatic carbocycles. The summed E-state index contributed by atoms with van der Waals surface area (Å²) in [6.45, 7) is 9.40. The second kappa shape index (κ2) is 11.3. The molecule has 1 atom stereocenters. The van der Waals surface area contributed by atoms with Gasteiger partial charge in [0.05, 0.1) is 6.26 Å². The molecule has 0 spiro atoms. The summed E-state index contributed by atoms with van der Waals surface area (Å²) in [6, 6.07) is 0. The van der Waals surface area contributed by atoms with Crippen molar-refractivity contribution in [2.24, 2.45) is 5.73 Å². The number of rotatable bonds is 3. The fourth-order valence-corrected chi connectivity index (χ4v) is 0.152. The molecule has 10 heavy (non-hydrogen) atoms. The highest BCUT2D eigenvalue weighted by molar-refractivity contribution is 4.49. The molecular weight excluding hydrogens is 126 g/mol. The molecule has 0 saturated heterocycles. The van der Waals surface area contributed by atoms with Crippen LogP contribution in [0.4, 0.5) is 0 Å². The average Bonchev–Trinajstić information content (AvgIpc) is 1.89. The van der Waals surface area contributed by atoms with Crippen molar-refractivity contribution in [3.05, 3.63) is 12.8 Å². The van der Waals surface area contributed by atoms with Crippen LogP contribution in [0, 0.1) is 0 Å². The Labute approximate surface area is 64.1 Å². The highest BCUT2D eigenvalue weighted by Crippen LogP contribution is 1.76. The minimum Gasteiger partial charge on any atom is -0.484 e. The average molecular weight is 145 g/mol. The standard InChI is InChI=1S/C4H9NO.C4H10/c1-3-6-4(2)5;1-3-4-2/h3-4H,1,5H2,2H3;3-4H2,1-2H3. The van der Waals surface area contributed by atoms with Crippen LogP contribution in [0.3, 0.4) is 0 Å². The van der Waals surface area contributed by atoms with Crippen LogP contribution in [0.2, 0.25) is 0 Å². The Bertz CT molecular complexity index is 60.3. The maximum absolute atomic E-state index is 5.11. The topological polar surface area (TPSA) is 35.2 Å². The van der Waals surface area contributed by atoms with E-state index in [2.05, 4.69) is 25.2 Å². The molecule has 0 bridgehead atoms. The first-order valence-corrected chi connectivity index (χ1v) is 3.70. The monoisotopic (exact) mass is 145 g/mol. The molecule has 0 aromatic heterocycles. The molecule has 0 radical (unpaired) electrons. The third-order valence-electron chi connectivity index (χ3n) is 0.811. The fraction of sp³-hybridized carbons (Fsp3) is 0.750. The van der Waals surface area contributed by atoms with Crippen molar-refractivity contribution in [1.82, 2.24) is 0 Å². The molecule has 2 heteroatoms. The lowest BCUT2D eigenvalue weighted by Crippen LogP contribution is -2.15. The first kappa shape index (κ1) is 12.2. The second-order valence-electron chi connectivity index (χ2n) is 2.01. The van der Waals surface area contributed by atoms with Gasteiger partial charge in [0, 0.05) is 0 Å². The van der Waals surface area contributed by atoms with E-state index in [4.69, 9.17) is 5.73 Å². The zero-order valence-electron chi connectivity index (χ0n) is 7.26. The zero-order chi connectivity index (χ0) is 8.41. The molecule has 0 aliphatic rings. The van der Waals surface area contributed by atoms with Gasteiger partial charge in [0.15, 0.2) is 0 Å². The smallest absolute Gasteiger partial charge is 0.143 e. The molecule has 1 unspecified atom stereocenters. The van der Waals surface area contributed by atoms with Gasteiger partial charge >= 0.3 is 0 Å². The lowest BCUT2D eigenvalue weighted by Gasteiger charge is -1.99. The molecule has 2 N–H and O–H groups in total. The van der Waals surface area contributed by atoms with E-state index in [0.29, 0.717) is 0 Å². The Morgan fingerprint density at radius 1 is 1.50 bits per heavy atom. The van der Waals surface area contributed by atoms with E-state index < -0.39 is 0 Å². The number of nitrogens with two attached hydrogens (primary N) is 1. The van der Waals surface area contributed by atoms with Crippen LogP contribution in [-0.2, 0) is 4.74 Å². The van der Waals surface area contributed by atoms with Crippen LogP contribution >= 0.6 is 0 Å². The van der Waals surface area contributed by atoms with Crippen molar-refractivity contribution >= 4 is 0 Å². The van der Waals surface area contributed by atoms with Gasteiger partial charge in [-0.3, -0.25) is 5.73 Å². The number of hydrogen-bond donors (Lipinski definition) is 1. The second-order valence-corrected chi connectivity index (χ2v) is 2.01. The normalized spacial score (nSPS) is 10.8. The van der Waals surface area contributed by atoms with Crippen molar-refractivity contribution in [2.45, 2.75) is 39.8 Å². The lowest BCUT2D eigenvalue weighted by molar-refractivity contribution is 0.169. The van der Waals surface area contributed by atoms with Crippen molar-refractivity contribution in [1.29, 1.82) is 0 Å². The van der Waals surface area contributed by atoms with Crippen molar-refractivity contribution < 1.29 is 4.74 Å². The number of ether oxygens (including phenoxy) is 1. The summed E-state index contributed by atoms with van der Waals surface area (Å²) >= 11 is 0. The SMILES string of the molecule is C=COC(C)N.CCCC. The van der Waals surface area contributed by atoms with Crippen LogP contribution in [-0.4, -0.2) is 6.23 Å². The summed E-state index contributed by atoms with van der Waals surface area (Å²) in [5, 5.41) is 0. The molecule has 0 amide bonds. The van der Waals surface area contributed by atoms with E-state index in [-0.39, 0.29) is 6.23 Å². The van der Waals surface area contributed by atoms with Crippen molar-refractivity contribution in [3.63, 3.8) is 0 Å². The Morgan fingerprint density at radius 2 is 1.90 bits per heavy atom. The van der Waals surface area contributed by atoms with Crippen LogP contribution in [0.15, 0.2) is 12.8 Å². The minimum absolute atomic E-state index is 0.220. The Hall–Kier alpha value is -0.500. The van der Waals surface area contributed by atoms with Gasteiger partial charge in [0.25, 0.3) is 0 Å². The Morgan fingerprint density at radius 3 is 1.90 bits per heavy atom. The van der Waals surface area contributed by atoms with Gasteiger partial charge in [-0.25, -0.2) is 0 Å². The largest absolute Gasteiger partial charge is 0.484 e. The van der Waals surface area contributed by atoms with E-state index in [9.17, 15) is 0 Å². The van der Waals surface area contributed by atoms with E-state index in [1.807, 2.05) is 0 Å². The molecule has 0 aliphatic carbocycles. The van der Waals surface area contributed by atoms with E-state index in [0.717, 1.165) is 0 Å². The quantitative estimate of drug-likeness (QED) is 0.488.